The van der Waals surface area contributed by atoms with E-state index in [0.717, 1.165) is 30.6 Å². The monoisotopic (exact) mass is 363 g/mol. The van der Waals surface area contributed by atoms with E-state index in [9.17, 15) is 9.59 Å². The van der Waals surface area contributed by atoms with Crippen LogP contribution in [-0.2, 0) is 16.0 Å². The van der Waals surface area contributed by atoms with E-state index in [1.165, 1.54) is 0 Å². The van der Waals surface area contributed by atoms with Crippen LogP contribution in [0.3, 0.4) is 0 Å². The zero-order chi connectivity index (χ0) is 18.8. The Kier molecular flexibility index (Phi) is 8.21. The number of nitrogens with zero attached hydrogens (tertiary/aromatic N) is 1. The minimum Gasteiger partial charge on any atom is -0.497 e. The summed E-state index contributed by atoms with van der Waals surface area (Å²) in [5.74, 6) is 0.822. The molecule has 0 aliphatic carbocycles. The third-order valence-corrected chi connectivity index (χ3v) is 4.47. The van der Waals surface area contributed by atoms with Gasteiger partial charge in [0.15, 0.2) is 0 Å². The summed E-state index contributed by atoms with van der Waals surface area (Å²) >= 11 is 0. The Morgan fingerprint density at radius 2 is 1.88 bits per heavy atom. The molecule has 1 aromatic carbocycles. The standard InChI is InChI=1S/C19H29N3O4/c1-3-26-19(24)22-12-9-16(10-13-22)21-14-18(23)20-11-8-15-4-6-17(25-2)7-5-15/h4-7,16,21H,3,8-14H2,1-2H3,(H,20,23). The molecule has 7 nitrogen and oxygen atoms in total. The van der Waals surface area contributed by atoms with E-state index >= 15 is 0 Å². The van der Waals surface area contributed by atoms with Crippen LogP contribution in [0.1, 0.15) is 25.3 Å². The van der Waals surface area contributed by atoms with Crippen molar-refractivity contribution >= 4 is 12.0 Å². The summed E-state index contributed by atoms with van der Waals surface area (Å²) < 4.78 is 10.1. The van der Waals surface area contributed by atoms with Gasteiger partial charge in [0.05, 0.1) is 20.3 Å². The number of amides is 2. The molecule has 2 rings (SSSR count). The predicted octanol–water partition coefficient (Wildman–Crippen LogP) is 1.56. The SMILES string of the molecule is CCOC(=O)N1CCC(NCC(=O)NCCc2ccc(OC)cc2)CC1. The van der Waals surface area contributed by atoms with Crippen LogP contribution in [0, 0.1) is 0 Å². The second-order valence-corrected chi connectivity index (χ2v) is 6.29. The Morgan fingerprint density at radius 1 is 1.19 bits per heavy atom. The third kappa shape index (κ3) is 6.55. The number of nitrogens with one attached hydrogen (secondary N) is 2. The molecule has 1 aliphatic rings. The number of benzene rings is 1. The first-order valence-corrected chi connectivity index (χ1v) is 9.17. The lowest BCUT2D eigenvalue weighted by Gasteiger charge is -2.31. The number of carbonyl (C=O) groups is 2. The minimum atomic E-state index is -0.248. The Labute approximate surface area is 155 Å². The maximum absolute atomic E-state index is 12.0. The van der Waals surface area contributed by atoms with Gasteiger partial charge in [-0.15, -0.1) is 0 Å². The fourth-order valence-electron chi connectivity index (χ4n) is 2.92. The minimum absolute atomic E-state index is 0.00802. The van der Waals surface area contributed by atoms with Crippen molar-refractivity contribution in [3.63, 3.8) is 0 Å². The van der Waals surface area contributed by atoms with Crippen LogP contribution in [0.5, 0.6) is 5.75 Å². The van der Waals surface area contributed by atoms with Gasteiger partial charge in [-0.05, 0) is 43.9 Å². The number of rotatable bonds is 8. The second kappa shape index (κ2) is 10.7. The van der Waals surface area contributed by atoms with Crippen LogP contribution in [0.2, 0.25) is 0 Å². The second-order valence-electron chi connectivity index (χ2n) is 6.29. The molecule has 1 saturated heterocycles. The van der Waals surface area contributed by atoms with Crippen molar-refractivity contribution in [3.05, 3.63) is 29.8 Å². The van der Waals surface area contributed by atoms with Crippen LogP contribution >= 0.6 is 0 Å². The van der Waals surface area contributed by atoms with Gasteiger partial charge < -0.3 is 25.0 Å². The fraction of sp³-hybridized carbons (Fsp3) is 0.579. The van der Waals surface area contributed by atoms with Crippen LogP contribution in [-0.4, -0.2) is 62.8 Å². The number of hydrogen-bond acceptors (Lipinski definition) is 5. The van der Waals surface area contributed by atoms with E-state index in [1.807, 2.05) is 24.3 Å². The normalized spacial score (nSPS) is 14.8. The van der Waals surface area contributed by atoms with Crippen molar-refractivity contribution in [1.82, 2.24) is 15.5 Å². The number of methoxy groups -OCH3 is 1. The smallest absolute Gasteiger partial charge is 0.409 e. The molecule has 7 heteroatoms. The predicted molar refractivity (Wildman–Crippen MR) is 99.3 cm³/mol. The summed E-state index contributed by atoms with van der Waals surface area (Å²) in [5.41, 5.74) is 1.16. The number of hydrogen-bond donors (Lipinski definition) is 2. The van der Waals surface area contributed by atoms with Crippen molar-refractivity contribution < 1.29 is 19.1 Å². The van der Waals surface area contributed by atoms with Crippen molar-refractivity contribution in [3.8, 4) is 5.75 Å². The summed E-state index contributed by atoms with van der Waals surface area (Å²) in [6.07, 6.45) is 2.20. The van der Waals surface area contributed by atoms with Gasteiger partial charge in [-0.2, -0.15) is 0 Å². The molecule has 0 bridgehead atoms. The first kappa shape index (κ1) is 20.0. The molecule has 1 aromatic rings. The zero-order valence-corrected chi connectivity index (χ0v) is 15.6. The van der Waals surface area contributed by atoms with Crippen molar-refractivity contribution in [2.24, 2.45) is 0 Å². The first-order valence-electron chi connectivity index (χ1n) is 9.17. The van der Waals surface area contributed by atoms with Gasteiger partial charge in [0.2, 0.25) is 5.91 Å². The van der Waals surface area contributed by atoms with Crippen LogP contribution in [0.25, 0.3) is 0 Å². The lowest BCUT2D eigenvalue weighted by molar-refractivity contribution is -0.120. The molecule has 1 aliphatic heterocycles. The van der Waals surface area contributed by atoms with E-state index in [0.29, 0.717) is 32.8 Å². The summed E-state index contributed by atoms with van der Waals surface area (Å²) in [4.78, 5) is 25.3. The van der Waals surface area contributed by atoms with E-state index in [2.05, 4.69) is 10.6 Å². The maximum atomic E-state index is 12.0. The van der Waals surface area contributed by atoms with Crippen molar-refractivity contribution in [2.45, 2.75) is 32.2 Å². The molecule has 0 atom stereocenters. The van der Waals surface area contributed by atoms with Gasteiger partial charge in [0, 0.05) is 25.7 Å². The van der Waals surface area contributed by atoms with Gasteiger partial charge in [-0.25, -0.2) is 4.79 Å². The molecule has 2 amide bonds. The summed E-state index contributed by atoms with van der Waals surface area (Å²) in [7, 11) is 1.64. The molecule has 0 saturated carbocycles. The highest BCUT2D eigenvalue weighted by atomic mass is 16.6. The number of likely N-dealkylation sites (tertiary alicyclic amines) is 1. The highest BCUT2D eigenvalue weighted by Gasteiger charge is 2.23. The Hall–Kier alpha value is -2.28. The maximum Gasteiger partial charge on any atom is 0.409 e. The molecule has 2 N–H and O–H groups in total. The van der Waals surface area contributed by atoms with E-state index in [1.54, 1.807) is 18.9 Å². The molecule has 26 heavy (non-hydrogen) atoms. The van der Waals surface area contributed by atoms with Crippen molar-refractivity contribution in [2.75, 3.05) is 39.9 Å². The van der Waals surface area contributed by atoms with Crippen molar-refractivity contribution in [1.29, 1.82) is 0 Å². The molecule has 144 valence electrons. The zero-order valence-electron chi connectivity index (χ0n) is 15.6. The molecule has 1 heterocycles. The average molecular weight is 363 g/mol. The van der Waals surface area contributed by atoms with E-state index in [4.69, 9.17) is 9.47 Å². The van der Waals surface area contributed by atoms with Gasteiger partial charge >= 0.3 is 6.09 Å². The summed E-state index contributed by atoms with van der Waals surface area (Å²) in [5, 5.41) is 6.20. The Balaban J connectivity index is 1.58. The summed E-state index contributed by atoms with van der Waals surface area (Å²) in [6, 6.07) is 8.09. The highest BCUT2D eigenvalue weighted by molar-refractivity contribution is 5.78. The van der Waals surface area contributed by atoms with Crippen LogP contribution < -0.4 is 15.4 Å². The van der Waals surface area contributed by atoms with Gasteiger partial charge in [-0.3, -0.25) is 4.79 Å². The molecule has 1 fully saturated rings. The lowest BCUT2D eigenvalue weighted by atomic mass is 10.1. The molecule has 0 radical (unpaired) electrons. The average Bonchev–Trinajstić information content (AvgIpc) is 2.67. The number of carbonyl (C=O) groups excluding carboxylic acids is 2. The topological polar surface area (TPSA) is 79.9 Å². The quantitative estimate of drug-likeness (QED) is 0.733. The highest BCUT2D eigenvalue weighted by Crippen LogP contribution is 2.12. The Bertz CT molecular complexity index is 569. The third-order valence-electron chi connectivity index (χ3n) is 4.47. The van der Waals surface area contributed by atoms with Crippen LogP contribution in [0.4, 0.5) is 4.79 Å². The Morgan fingerprint density at radius 3 is 2.50 bits per heavy atom. The molecule has 0 spiro atoms. The summed E-state index contributed by atoms with van der Waals surface area (Å²) in [6.45, 7) is 4.43. The largest absolute Gasteiger partial charge is 0.497 e. The molecule has 0 aromatic heterocycles. The van der Waals surface area contributed by atoms with Crippen LogP contribution in [0.15, 0.2) is 24.3 Å². The van der Waals surface area contributed by atoms with Gasteiger partial charge in [0.1, 0.15) is 5.75 Å². The number of piperidine rings is 1. The molecule has 0 unspecified atom stereocenters. The first-order chi connectivity index (χ1) is 12.6. The van der Waals surface area contributed by atoms with E-state index in [-0.39, 0.29) is 18.0 Å². The number of ether oxygens (including phenoxy) is 2. The molecular formula is C19H29N3O4. The molecular weight excluding hydrogens is 334 g/mol. The van der Waals surface area contributed by atoms with Gasteiger partial charge in [-0.1, -0.05) is 12.1 Å². The fourth-order valence-corrected chi connectivity index (χ4v) is 2.92. The lowest BCUT2D eigenvalue weighted by Crippen LogP contribution is -2.47. The van der Waals surface area contributed by atoms with Gasteiger partial charge in [0.25, 0.3) is 0 Å². The van der Waals surface area contributed by atoms with E-state index < -0.39 is 0 Å².